The van der Waals surface area contributed by atoms with Crippen molar-refractivity contribution in [3.63, 3.8) is 0 Å². The first-order chi connectivity index (χ1) is 6.33. The van der Waals surface area contributed by atoms with E-state index in [0.29, 0.717) is 19.5 Å². The Morgan fingerprint density at radius 1 is 1.62 bits per heavy atom. The lowest BCUT2D eigenvalue weighted by Gasteiger charge is -2.01. The number of thiophene rings is 1. The normalized spacial score (nSPS) is 9.92. The second-order valence-electron chi connectivity index (χ2n) is 2.72. The first kappa shape index (κ1) is 10.2. The average molecular weight is 198 g/mol. The summed E-state index contributed by atoms with van der Waals surface area (Å²) in [6, 6.07) is 4.08. The van der Waals surface area contributed by atoms with Crippen LogP contribution < -0.4 is 11.1 Å². The van der Waals surface area contributed by atoms with E-state index in [-0.39, 0.29) is 5.91 Å². The van der Waals surface area contributed by atoms with Crippen molar-refractivity contribution in [3.05, 3.63) is 22.4 Å². The smallest absolute Gasteiger partial charge is 0.221 e. The van der Waals surface area contributed by atoms with Gasteiger partial charge in [-0.2, -0.15) is 0 Å². The Hall–Kier alpha value is -0.870. The molecular weight excluding hydrogens is 184 g/mol. The molecular formula is C9H14N2OS. The standard InChI is InChI=1S/C9H14N2OS/c10-5-3-9(12)11-6-4-8-2-1-7-13-8/h1-2,7H,3-6,10H2,(H,11,12). The Bertz CT molecular complexity index is 246. The SMILES string of the molecule is NCCC(=O)NCCc1cccs1. The lowest BCUT2D eigenvalue weighted by Crippen LogP contribution is -2.27. The molecule has 0 radical (unpaired) electrons. The molecule has 13 heavy (non-hydrogen) atoms. The molecule has 0 aliphatic heterocycles. The molecule has 0 spiro atoms. The molecule has 3 N–H and O–H groups in total. The highest BCUT2D eigenvalue weighted by atomic mass is 32.1. The molecule has 0 saturated heterocycles. The number of carbonyl (C=O) groups excluding carboxylic acids is 1. The number of nitrogens with one attached hydrogen (secondary N) is 1. The fourth-order valence-electron chi connectivity index (χ4n) is 0.999. The molecule has 0 fully saturated rings. The van der Waals surface area contributed by atoms with Crippen molar-refractivity contribution in [3.8, 4) is 0 Å². The van der Waals surface area contributed by atoms with Gasteiger partial charge in [-0.3, -0.25) is 4.79 Å². The van der Waals surface area contributed by atoms with Crippen LogP contribution >= 0.6 is 11.3 Å². The minimum absolute atomic E-state index is 0.0408. The van der Waals surface area contributed by atoms with Crippen LogP contribution in [0.15, 0.2) is 17.5 Å². The molecule has 4 heteroatoms. The second kappa shape index (κ2) is 5.72. The van der Waals surface area contributed by atoms with Gasteiger partial charge in [-0.1, -0.05) is 6.07 Å². The summed E-state index contributed by atoms with van der Waals surface area (Å²) in [5, 5.41) is 4.85. The van der Waals surface area contributed by atoms with E-state index in [4.69, 9.17) is 5.73 Å². The van der Waals surface area contributed by atoms with Crippen molar-refractivity contribution < 1.29 is 4.79 Å². The highest BCUT2D eigenvalue weighted by molar-refractivity contribution is 7.09. The molecule has 0 saturated carbocycles. The van der Waals surface area contributed by atoms with Crippen LogP contribution in [0.25, 0.3) is 0 Å². The first-order valence-corrected chi connectivity index (χ1v) is 5.20. The van der Waals surface area contributed by atoms with Crippen molar-refractivity contribution >= 4 is 17.2 Å². The van der Waals surface area contributed by atoms with Crippen LogP contribution in [0, 0.1) is 0 Å². The van der Waals surface area contributed by atoms with E-state index >= 15 is 0 Å². The minimum atomic E-state index is 0.0408. The molecule has 0 aliphatic carbocycles. The summed E-state index contributed by atoms with van der Waals surface area (Å²) >= 11 is 1.71. The van der Waals surface area contributed by atoms with E-state index in [2.05, 4.69) is 11.4 Å². The molecule has 0 aliphatic rings. The van der Waals surface area contributed by atoms with Gasteiger partial charge in [0.1, 0.15) is 0 Å². The fraction of sp³-hybridized carbons (Fsp3) is 0.444. The predicted octanol–water partition coefficient (Wildman–Crippen LogP) is 0.756. The third-order valence-electron chi connectivity index (χ3n) is 1.65. The summed E-state index contributed by atoms with van der Waals surface area (Å²) in [6.07, 6.45) is 1.33. The van der Waals surface area contributed by atoms with E-state index in [0.717, 1.165) is 6.42 Å². The number of rotatable bonds is 5. The minimum Gasteiger partial charge on any atom is -0.356 e. The largest absolute Gasteiger partial charge is 0.356 e. The van der Waals surface area contributed by atoms with Crippen LogP contribution in [-0.2, 0) is 11.2 Å². The quantitative estimate of drug-likeness (QED) is 0.733. The van der Waals surface area contributed by atoms with Crippen LogP contribution in [0.5, 0.6) is 0 Å². The third kappa shape index (κ3) is 4.05. The van der Waals surface area contributed by atoms with E-state index in [9.17, 15) is 4.79 Å². The number of hydrogen-bond donors (Lipinski definition) is 2. The van der Waals surface area contributed by atoms with Crippen molar-refractivity contribution in [2.75, 3.05) is 13.1 Å². The topological polar surface area (TPSA) is 55.1 Å². The maximum atomic E-state index is 11.0. The highest BCUT2D eigenvalue weighted by Crippen LogP contribution is 2.07. The summed E-state index contributed by atoms with van der Waals surface area (Å²) in [6.45, 7) is 1.13. The number of nitrogens with two attached hydrogens (primary N) is 1. The van der Waals surface area contributed by atoms with Crippen molar-refractivity contribution in [2.45, 2.75) is 12.8 Å². The van der Waals surface area contributed by atoms with Crippen LogP contribution in [0.2, 0.25) is 0 Å². The van der Waals surface area contributed by atoms with E-state index in [1.807, 2.05) is 11.4 Å². The summed E-state index contributed by atoms with van der Waals surface area (Å²) < 4.78 is 0. The van der Waals surface area contributed by atoms with Crippen LogP contribution in [0.4, 0.5) is 0 Å². The maximum absolute atomic E-state index is 11.0. The van der Waals surface area contributed by atoms with Crippen LogP contribution in [-0.4, -0.2) is 19.0 Å². The van der Waals surface area contributed by atoms with Gasteiger partial charge in [-0.05, 0) is 17.9 Å². The Morgan fingerprint density at radius 3 is 3.08 bits per heavy atom. The first-order valence-electron chi connectivity index (χ1n) is 4.32. The summed E-state index contributed by atoms with van der Waals surface area (Å²) in [5.41, 5.74) is 5.24. The van der Waals surface area contributed by atoms with Crippen molar-refractivity contribution in [1.82, 2.24) is 5.32 Å². The van der Waals surface area contributed by atoms with Gasteiger partial charge >= 0.3 is 0 Å². The monoisotopic (exact) mass is 198 g/mol. The second-order valence-corrected chi connectivity index (χ2v) is 3.75. The van der Waals surface area contributed by atoms with Gasteiger partial charge < -0.3 is 11.1 Å². The molecule has 0 bridgehead atoms. The van der Waals surface area contributed by atoms with E-state index in [1.54, 1.807) is 11.3 Å². The Balaban J connectivity index is 2.11. The molecule has 72 valence electrons. The van der Waals surface area contributed by atoms with Gasteiger partial charge in [0.2, 0.25) is 5.91 Å². The lowest BCUT2D eigenvalue weighted by atomic mass is 10.3. The Kier molecular flexibility index (Phi) is 4.49. The van der Waals surface area contributed by atoms with Crippen LogP contribution in [0.3, 0.4) is 0 Å². The number of hydrogen-bond acceptors (Lipinski definition) is 3. The number of carbonyl (C=O) groups is 1. The Morgan fingerprint density at radius 2 is 2.46 bits per heavy atom. The molecule has 1 rings (SSSR count). The fourth-order valence-corrected chi connectivity index (χ4v) is 1.71. The van der Waals surface area contributed by atoms with Gasteiger partial charge in [-0.15, -0.1) is 11.3 Å². The molecule has 3 nitrogen and oxygen atoms in total. The zero-order chi connectivity index (χ0) is 9.52. The van der Waals surface area contributed by atoms with Crippen LogP contribution in [0.1, 0.15) is 11.3 Å². The zero-order valence-electron chi connectivity index (χ0n) is 7.45. The maximum Gasteiger partial charge on any atom is 0.221 e. The van der Waals surface area contributed by atoms with Gasteiger partial charge in [0.05, 0.1) is 0 Å². The molecule has 0 atom stereocenters. The zero-order valence-corrected chi connectivity index (χ0v) is 8.27. The summed E-state index contributed by atoms with van der Waals surface area (Å²) in [5.74, 6) is 0.0408. The third-order valence-corrected chi connectivity index (χ3v) is 2.58. The Labute approximate surface area is 81.9 Å². The lowest BCUT2D eigenvalue weighted by molar-refractivity contribution is -0.120. The summed E-state index contributed by atoms with van der Waals surface area (Å²) in [4.78, 5) is 12.3. The molecule has 1 aromatic rings. The predicted molar refractivity (Wildman–Crippen MR) is 54.7 cm³/mol. The molecule has 0 aromatic carbocycles. The van der Waals surface area contributed by atoms with E-state index in [1.165, 1.54) is 4.88 Å². The van der Waals surface area contributed by atoms with E-state index < -0.39 is 0 Å². The average Bonchev–Trinajstić information content (AvgIpc) is 2.57. The van der Waals surface area contributed by atoms with Gasteiger partial charge in [0.25, 0.3) is 0 Å². The molecule has 1 heterocycles. The molecule has 1 amide bonds. The van der Waals surface area contributed by atoms with Gasteiger partial charge in [-0.25, -0.2) is 0 Å². The van der Waals surface area contributed by atoms with Gasteiger partial charge in [0, 0.05) is 24.4 Å². The highest BCUT2D eigenvalue weighted by Gasteiger charge is 1.98. The molecule has 0 unspecified atom stereocenters. The number of amides is 1. The van der Waals surface area contributed by atoms with Crippen molar-refractivity contribution in [2.24, 2.45) is 5.73 Å². The molecule has 1 aromatic heterocycles. The summed E-state index contributed by atoms with van der Waals surface area (Å²) in [7, 11) is 0. The van der Waals surface area contributed by atoms with Crippen molar-refractivity contribution in [1.29, 1.82) is 0 Å². The van der Waals surface area contributed by atoms with Gasteiger partial charge in [0.15, 0.2) is 0 Å².